The first-order chi connectivity index (χ1) is 6.86. The summed E-state index contributed by atoms with van der Waals surface area (Å²) in [5, 5.41) is 8.69. The topological polar surface area (TPSA) is 36.7 Å². The van der Waals surface area contributed by atoms with E-state index in [1.807, 2.05) is 6.07 Å². The summed E-state index contributed by atoms with van der Waals surface area (Å²) >= 11 is 0. The first-order valence-corrected chi connectivity index (χ1v) is 4.34. The highest BCUT2D eigenvalue weighted by Gasteiger charge is 2.33. The molecule has 0 bridgehead atoms. The van der Waals surface area contributed by atoms with E-state index in [9.17, 15) is 13.2 Å². The predicted molar refractivity (Wildman–Crippen MR) is 48.0 cm³/mol. The summed E-state index contributed by atoms with van der Waals surface area (Å²) in [7, 11) is 0. The summed E-state index contributed by atoms with van der Waals surface area (Å²) in [6, 6.07) is 3.81. The molecule has 0 aromatic carbocycles. The zero-order valence-corrected chi connectivity index (χ0v) is 8.26. The van der Waals surface area contributed by atoms with Gasteiger partial charge in [-0.3, -0.25) is 0 Å². The number of alkyl halides is 3. The molecule has 0 N–H and O–H groups in total. The summed E-state index contributed by atoms with van der Waals surface area (Å²) < 4.78 is 37.0. The molecule has 0 radical (unpaired) electrons. The quantitative estimate of drug-likeness (QED) is 0.720. The molecule has 0 amide bonds. The average molecular weight is 214 g/mol. The molecule has 0 aliphatic heterocycles. The van der Waals surface area contributed by atoms with Gasteiger partial charge in [0.2, 0.25) is 0 Å². The lowest BCUT2D eigenvalue weighted by Crippen LogP contribution is -2.11. The van der Waals surface area contributed by atoms with Crippen molar-refractivity contribution in [2.24, 2.45) is 0 Å². The normalized spacial score (nSPS) is 11.5. The van der Waals surface area contributed by atoms with Crippen molar-refractivity contribution in [3.05, 3.63) is 29.1 Å². The molecule has 0 aliphatic rings. The van der Waals surface area contributed by atoms with Gasteiger partial charge in [-0.25, -0.2) is 4.98 Å². The van der Waals surface area contributed by atoms with E-state index in [1.165, 1.54) is 0 Å². The number of rotatable bonds is 1. The zero-order valence-electron chi connectivity index (χ0n) is 8.26. The summed E-state index contributed by atoms with van der Waals surface area (Å²) in [6.07, 6.45) is -4.46. The fraction of sp³-hybridized carbons (Fsp3) is 0.400. The van der Waals surface area contributed by atoms with Crippen LogP contribution in [0.25, 0.3) is 0 Å². The highest BCUT2D eigenvalue weighted by Crippen LogP contribution is 2.29. The van der Waals surface area contributed by atoms with E-state index >= 15 is 0 Å². The number of halogens is 3. The molecule has 0 aliphatic carbocycles. The van der Waals surface area contributed by atoms with Crippen LogP contribution in [0.4, 0.5) is 13.2 Å². The fourth-order valence-electron chi connectivity index (χ4n) is 1.17. The maximum absolute atomic E-state index is 12.3. The Morgan fingerprint density at radius 3 is 2.33 bits per heavy atom. The second kappa shape index (κ2) is 3.89. The summed E-state index contributed by atoms with van der Waals surface area (Å²) in [4.78, 5) is 3.47. The van der Waals surface area contributed by atoms with Crippen LogP contribution < -0.4 is 0 Å². The Morgan fingerprint density at radius 2 is 1.93 bits per heavy atom. The molecular weight excluding hydrogens is 205 g/mol. The number of nitrogens with zero attached hydrogens (tertiary/aromatic N) is 2. The SMILES string of the molecule is CC(C)c1nc(C(F)(F)F)ccc1C#N. The highest BCUT2D eigenvalue weighted by atomic mass is 19.4. The molecule has 1 aromatic rings. The Morgan fingerprint density at radius 1 is 1.33 bits per heavy atom. The summed E-state index contributed by atoms with van der Waals surface area (Å²) in [6.45, 7) is 3.40. The predicted octanol–water partition coefficient (Wildman–Crippen LogP) is 3.10. The Bertz CT molecular complexity index is 402. The lowest BCUT2D eigenvalue weighted by Gasteiger charge is -2.11. The van der Waals surface area contributed by atoms with Crippen LogP contribution in [0, 0.1) is 11.3 Å². The van der Waals surface area contributed by atoms with E-state index in [4.69, 9.17) is 5.26 Å². The Labute approximate surface area is 85.4 Å². The van der Waals surface area contributed by atoms with Gasteiger partial charge >= 0.3 is 6.18 Å². The van der Waals surface area contributed by atoms with Gasteiger partial charge in [-0.05, 0) is 18.1 Å². The van der Waals surface area contributed by atoms with Gasteiger partial charge in [0.15, 0.2) is 0 Å². The minimum absolute atomic E-state index is 0.187. The van der Waals surface area contributed by atoms with Gasteiger partial charge in [-0.1, -0.05) is 13.8 Å². The minimum atomic E-state index is -4.46. The van der Waals surface area contributed by atoms with E-state index in [-0.39, 0.29) is 17.2 Å². The van der Waals surface area contributed by atoms with Crippen LogP contribution in [0.2, 0.25) is 0 Å². The lowest BCUT2D eigenvalue weighted by molar-refractivity contribution is -0.141. The molecule has 2 nitrogen and oxygen atoms in total. The van der Waals surface area contributed by atoms with E-state index in [2.05, 4.69) is 4.98 Å². The van der Waals surface area contributed by atoms with Crippen molar-refractivity contribution < 1.29 is 13.2 Å². The van der Waals surface area contributed by atoms with Gasteiger partial charge < -0.3 is 0 Å². The van der Waals surface area contributed by atoms with Crippen LogP contribution in [-0.2, 0) is 6.18 Å². The summed E-state index contributed by atoms with van der Waals surface area (Å²) in [5.41, 5.74) is -0.574. The number of hydrogen-bond acceptors (Lipinski definition) is 2. The van der Waals surface area contributed by atoms with Crippen LogP contribution in [0.5, 0.6) is 0 Å². The molecule has 15 heavy (non-hydrogen) atoms. The molecule has 0 fully saturated rings. The van der Waals surface area contributed by atoms with Gasteiger partial charge in [-0.2, -0.15) is 18.4 Å². The second-order valence-corrected chi connectivity index (χ2v) is 3.39. The number of nitriles is 1. The van der Waals surface area contributed by atoms with Crippen LogP contribution in [-0.4, -0.2) is 4.98 Å². The van der Waals surface area contributed by atoms with E-state index < -0.39 is 11.9 Å². The molecule has 5 heteroatoms. The van der Waals surface area contributed by atoms with E-state index in [1.54, 1.807) is 13.8 Å². The molecular formula is C10H9F3N2. The van der Waals surface area contributed by atoms with Crippen LogP contribution in [0.15, 0.2) is 12.1 Å². The molecule has 1 aromatic heterocycles. The van der Waals surface area contributed by atoms with Gasteiger partial charge in [0, 0.05) is 0 Å². The van der Waals surface area contributed by atoms with Crippen molar-refractivity contribution in [2.45, 2.75) is 25.9 Å². The van der Waals surface area contributed by atoms with Gasteiger partial charge in [0.1, 0.15) is 11.8 Å². The summed E-state index contributed by atoms with van der Waals surface area (Å²) in [5.74, 6) is -0.207. The number of hydrogen-bond donors (Lipinski definition) is 0. The third kappa shape index (κ3) is 2.46. The van der Waals surface area contributed by atoms with Crippen molar-refractivity contribution >= 4 is 0 Å². The Hall–Kier alpha value is -1.57. The van der Waals surface area contributed by atoms with Crippen LogP contribution in [0.3, 0.4) is 0 Å². The molecule has 0 saturated heterocycles. The standard InChI is InChI=1S/C10H9F3N2/c1-6(2)9-7(5-14)3-4-8(15-9)10(11,12)13/h3-4,6H,1-2H3. The highest BCUT2D eigenvalue weighted by molar-refractivity contribution is 5.36. The van der Waals surface area contributed by atoms with Gasteiger partial charge in [-0.15, -0.1) is 0 Å². The van der Waals surface area contributed by atoms with Crippen molar-refractivity contribution in [3.63, 3.8) is 0 Å². The number of pyridine rings is 1. The maximum Gasteiger partial charge on any atom is 0.433 e. The molecule has 0 atom stereocenters. The van der Waals surface area contributed by atoms with Gasteiger partial charge in [0.25, 0.3) is 0 Å². The van der Waals surface area contributed by atoms with Crippen molar-refractivity contribution in [1.29, 1.82) is 5.26 Å². The molecule has 0 spiro atoms. The molecule has 0 unspecified atom stereocenters. The maximum atomic E-state index is 12.3. The molecule has 0 saturated carbocycles. The fourth-order valence-corrected chi connectivity index (χ4v) is 1.17. The van der Waals surface area contributed by atoms with Crippen LogP contribution >= 0.6 is 0 Å². The Kier molecular flexibility index (Phi) is 2.98. The van der Waals surface area contributed by atoms with Crippen molar-refractivity contribution in [1.82, 2.24) is 4.98 Å². The molecule has 80 valence electrons. The largest absolute Gasteiger partial charge is 0.433 e. The smallest absolute Gasteiger partial charge is 0.247 e. The first kappa shape index (κ1) is 11.5. The van der Waals surface area contributed by atoms with E-state index in [0.717, 1.165) is 12.1 Å². The van der Waals surface area contributed by atoms with E-state index in [0.29, 0.717) is 0 Å². The average Bonchev–Trinajstić information content (AvgIpc) is 2.15. The van der Waals surface area contributed by atoms with Gasteiger partial charge in [0.05, 0.1) is 11.3 Å². The minimum Gasteiger partial charge on any atom is -0.247 e. The monoisotopic (exact) mass is 214 g/mol. The third-order valence-corrected chi connectivity index (χ3v) is 1.88. The Balaban J connectivity index is 3.30. The molecule has 1 rings (SSSR count). The van der Waals surface area contributed by atoms with Crippen LogP contribution in [0.1, 0.15) is 36.7 Å². The molecule has 1 heterocycles. The second-order valence-electron chi connectivity index (χ2n) is 3.39. The first-order valence-electron chi connectivity index (χ1n) is 4.34. The van der Waals surface area contributed by atoms with Crippen molar-refractivity contribution in [3.8, 4) is 6.07 Å². The van der Waals surface area contributed by atoms with Crippen molar-refractivity contribution in [2.75, 3.05) is 0 Å². The number of aromatic nitrogens is 1. The lowest BCUT2D eigenvalue weighted by atomic mass is 10.0. The zero-order chi connectivity index (χ0) is 11.6. The third-order valence-electron chi connectivity index (χ3n) is 1.88.